The molecule has 0 spiro atoms. The zero-order valence-electron chi connectivity index (χ0n) is 13.5. The Hall–Kier alpha value is -2.46. The van der Waals surface area contributed by atoms with Gasteiger partial charge in [0.1, 0.15) is 0 Å². The third kappa shape index (κ3) is 2.53. The van der Waals surface area contributed by atoms with E-state index in [1.807, 2.05) is 48.9 Å². The maximum absolute atomic E-state index is 4.77. The van der Waals surface area contributed by atoms with E-state index in [1.165, 1.54) is 11.1 Å². The topological polar surface area (TPSA) is 30.7 Å². The van der Waals surface area contributed by atoms with Crippen LogP contribution >= 0.6 is 15.9 Å². The van der Waals surface area contributed by atoms with Gasteiger partial charge in [-0.2, -0.15) is 5.10 Å². The van der Waals surface area contributed by atoms with Gasteiger partial charge < -0.3 is 0 Å². The average Bonchev–Trinajstić information content (AvgIpc) is 2.92. The summed E-state index contributed by atoms with van der Waals surface area (Å²) in [4.78, 5) is 4.77. The molecule has 0 saturated carbocycles. The van der Waals surface area contributed by atoms with Crippen molar-refractivity contribution in [2.45, 2.75) is 13.8 Å². The summed E-state index contributed by atoms with van der Waals surface area (Å²) in [5, 5.41) is 5.86. The molecule has 0 aliphatic heterocycles. The predicted octanol–water partition coefficient (Wildman–Crippen LogP) is 5.47. The molecule has 0 radical (unpaired) electrons. The lowest BCUT2D eigenvalue weighted by Crippen LogP contribution is -1.98. The van der Waals surface area contributed by atoms with Crippen molar-refractivity contribution >= 4 is 27.0 Å². The number of rotatable bonds is 2. The number of hydrogen-bond acceptors (Lipinski definition) is 2. The molecule has 3 nitrogen and oxygen atoms in total. The first-order chi connectivity index (χ1) is 11.6. The van der Waals surface area contributed by atoms with Crippen LogP contribution in [0.1, 0.15) is 11.4 Å². The summed E-state index contributed by atoms with van der Waals surface area (Å²) in [6.07, 6.45) is 0. The van der Waals surface area contributed by atoms with E-state index in [9.17, 15) is 0 Å². The minimum absolute atomic E-state index is 0.897. The quantitative estimate of drug-likeness (QED) is 0.463. The van der Waals surface area contributed by atoms with Gasteiger partial charge in [0.2, 0.25) is 0 Å². The predicted molar refractivity (Wildman–Crippen MR) is 101 cm³/mol. The molecule has 2 heterocycles. The van der Waals surface area contributed by atoms with Gasteiger partial charge in [0, 0.05) is 10.2 Å². The maximum Gasteiger partial charge on any atom is 0.164 e. The van der Waals surface area contributed by atoms with Crippen LogP contribution in [-0.4, -0.2) is 14.8 Å². The second kappa shape index (κ2) is 5.87. The third-order valence-electron chi connectivity index (χ3n) is 4.10. The van der Waals surface area contributed by atoms with Gasteiger partial charge in [0.05, 0.1) is 16.8 Å². The minimum atomic E-state index is 0.897. The summed E-state index contributed by atoms with van der Waals surface area (Å²) in [5.41, 5.74) is 6.24. The molecular formula is C20H16BrN3. The van der Waals surface area contributed by atoms with E-state index < -0.39 is 0 Å². The maximum atomic E-state index is 4.77. The minimum Gasteiger partial charge on any atom is -0.233 e. The molecule has 4 aromatic rings. The largest absolute Gasteiger partial charge is 0.233 e. The molecule has 0 bridgehead atoms. The Bertz CT molecular complexity index is 1020. The Morgan fingerprint density at radius 1 is 0.917 bits per heavy atom. The second-order valence-corrected chi connectivity index (χ2v) is 6.77. The van der Waals surface area contributed by atoms with Gasteiger partial charge in [0.25, 0.3) is 0 Å². The van der Waals surface area contributed by atoms with Gasteiger partial charge in [-0.05, 0) is 55.3 Å². The lowest BCUT2D eigenvalue weighted by Gasteiger charge is -2.07. The van der Waals surface area contributed by atoms with Crippen molar-refractivity contribution in [3.05, 3.63) is 76.5 Å². The summed E-state index contributed by atoms with van der Waals surface area (Å²) < 4.78 is 2.98. The van der Waals surface area contributed by atoms with Crippen molar-refractivity contribution in [1.82, 2.24) is 14.8 Å². The van der Waals surface area contributed by atoms with Crippen LogP contribution in [0.3, 0.4) is 0 Å². The van der Waals surface area contributed by atoms with Gasteiger partial charge in [-0.25, -0.2) is 9.67 Å². The van der Waals surface area contributed by atoms with Crippen molar-refractivity contribution in [3.63, 3.8) is 0 Å². The van der Waals surface area contributed by atoms with E-state index in [2.05, 4.69) is 46.3 Å². The highest BCUT2D eigenvalue weighted by Crippen LogP contribution is 2.32. The van der Waals surface area contributed by atoms with E-state index >= 15 is 0 Å². The normalized spacial score (nSPS) is 11.1. The Morgan fingerprint density at radius 2 is 1.62 bits per heavy atom. The first-order valence-corrected chi connectivity index (χ1v) is 8.61. The van der Waals surface area contributed by atoms with Crippen LogP contribution in [0.25, 0.3) is 27.8 Å². The Labute approximate surface area is 149 Å². The van der Waals surface area contributed by atoms with Crippen LogP contribution in [0.4, 0.5) is 0 Å². The monoisotopic (exact) mass is 377 g/mol. The van der Waals surface area contributed by atoms with E-state index in [0.717, 1.165) is 32.6 Å². The molecule has 0 amide bonds. The lowest BCUT2D eigenvalue weighted by molar-refractivity contribution is 0.875. The number of aromatic nitrogens is 3. The van der Waals surface area contributed by atoms with E-state index in [0.29, 0.717) is 0 Å². The summed E-state index contributed by atoms with van der Waals surface area (Å²) in [7, 11) is 0. The summed E-state index contributed by atoms with van der Waals surface area (Å²) in [6.45, 7) is 4.07. The Kier molecular flexibility index (Phi) is 3.69. The Balaban J connectivity index is 2.03. The molecule has 0 atom stereocenters. The molecule has 0 aliphatic carbocycles. The number of nitrogens with zero attached hydrogens (tertiary/aromatic N) is 3. The number of aryl methyl sites for hydroxylation is 2. The molecule has 118 valence electrons. The van der Waals surface area contributed by atoms with Crippen molar-refractivity contribution < 1.29 is 0 Å². The summed E-state index contributed by atoms with van der Waals surface area (Å²) in [5.74, 6) is 0. The number of benzene rings is 2. The van der Waals surface area contributed by atoms with E-state index in [4.69, 9.17) is 10.1 Å². The first-order valence-electron chi connectivity index (χ1n) is 7.82. The van der Waals surface area contributed by atoms with Crippen LogP contribution in [0.15, 0.2) is 65.1 Å². The van der Waals surface area contributed by atoms with Gasteiger partial charge in [-0.1, -0.05) is 46.3 Å². The molecule has 0 unspecified atom stereocenters. The number of halogens is 1. The summed E-state index contributed by atoms with van der Waals surface area (Å²) >= 11 is 3.48. The lowest BCUT2D eigenvalue weighted by atomic mass is 10.0. The zero-order valence-corrected chi connectivity index (χ0v) is 15.1. The van der Waals surface area contributed by atoms with Gasteiger partial charge in [-0.3, -0.25) is 0 Å². The van der Waals surface area contributed by atoms with Crippen LogP contribution in [0.5, 0.6) is 0 Å². The van der Waals surface area contributed by atoms with Crippen molar-refractivity contribution in [2.75, 3.05) is 0 Å². The number of pyridine rings is 1. The van der Waals surface area contributed by atoms with Gasteiger partial charge >= 0.3 is 0 Å². The van der Waals surface area contributed by atoms with Crippen LogP contribution in [0, 0.1) is 13.8 Å². The molecule has 4 heteroatoms. The molecule has 0 aliphatic rings. The standard InChI is InChI=1S/C20H16BrN3/c1-13-12-18(15-6-4-3-5-7-15)19-14(2)23-24(20(19)22-13)17-10-8-16(21)9-11-17/h3-12H,1-2H3. The zero-order chi connectivity index (χ0) is 16.7. The highest BCUT2D eigenvalue weighted by atomic mass is 79.9. The van der Waals surface area contributed by atoms with Crippen LogP contribution in [0.2, 0.25) is 0 Å². The molecule has 2 aromatic heterocycles. The molecule has 2 aromatic carbocycles. The fraction of sp³-hybridized carbons (Fsp3) is 0.100. The highest BCUT2D eigenvalue weighted by Gasteiger charge is 2.16. The number of hydrogen-bond donors (Lipinski definition) is 0. The van der Waals surface area contributed by atoms with Crippen molar-refractivity contribution in [3.8, 4) is 16.8 Å². The molecule has 0 saturated heterocycles. The fourth-order valence-electron chi connectivity index (χ4n) is 3.02. The average molecular weight is 378 g/mol. The fourth-order valence-corrected chi connectivity index (χ4v) is 3.29. The highest BCUT2D eigenvalue weighted by molar-refractivity contribution is 9.10. The Morgan fingerprint density at radius 3 is 2.33 bits per heavy atom. The second-order valence-electron chi connectivity index (χ2n) is 5.85. The molecule has 24 heavy (non-hydrogen) atoms. The molecule has 0 N–H and O–H groups in total. The van der Waals surface area contributed by atoms with Gasteiger partial charge in [-0.15, -0.1) is 0 Å². The van der Waals surface area contributed by atoms with Crippen molar-refractivity contribution in [2.24, 2.45) is 0 Å². The third-order valence-corrected chi connectivity index (χ3v) is 4.63. The SMILES string of the molecule is Cc1cc(-c2ccccc2)c2c(C)nn(-c3ccc(Br)cc3)c2n1. The molecular weight excluding hydrogens is 362 g/mol. The molecule has 4 rings (SSSR count). The van der Waals surface area contributed by atoms with E-state index in [-0.39, 0.29) is 0 Å². The van der Waals surface area contributed by atoms with Crippen molar-refractivity contribution in [1.29, 1.82) is 0 Å². The first kappa shape index (κ1) is 15.1. The van der Waals surface area contributed by atoms with Crippen LogP contribution < -0.4 is 0 Å². The summed E-state index contributed by atoms with van der Waals surface area (Å²) in [6, 6.07) is 20.7. The smallest absolute Gasteiger partial charge is 0.164 e. The molecule has 0 fully saturated rings. The van der Waals surface area contributed by atoms with Crippen LogP contribution in [-0.2, 0) is 0 Å². The van der Waals surface area contributed by atoms with Gasteiger partial charge in [0.15, 0.2) is 5.65 Å². The number of fused-ring (bicyclic) bond motifs is 1. The van der Waals surface area contributed by atoms with E-state index in [1.54, 1.807) is 0 Å².